The summed E-state index contributed by atoms with van der Waals surface area (Å²) in [6.45, 7) is 0.996. The molecule has 0 bridgehead atoms. The fraction of sp³-hybridized carbons (Fsp3) is 0.267. The molecule has 1 N–H and O–H groups in total. The molecule has 0 spiro atoms. The van der Waals surface area contributed by atoms with E-state index in [0.29, 0.717) is 5.56 Å². The van der Waals surface area contributed by atoms with Gasteiger partial charge in [-0.05, 0) is 29.7 Å². The summed E-state index contributed by atoms with van der Waals surface area (Å²) in [6, 6.07) is 7.20. The number of nitrogens with zero attached hydrogens (tertiary/aromatic N) is 2. The van der Waals surface area contributed by atoms with E-state index < -0.39 is 11.9 Å². The Balaban J connectivity index is 1.94. The normalized spacial score (nSPS) is 15.4. The van der Waals surface area contributed by atoms with Crippen LogP contribution in [0.15, 0.2) is 36.7 Å². The smallest absolute Gasteiger partial charge is 0.141 e. The molecule has 3 rings (SSSR count). The lowest BCUT2D eigenvalue weighted by Gasteiger charge is -2.15. The van der Waals surface area contributed by atoms with Crippen molar-refractivity contribution in [1.29, 1.82) is 0 Å². The molecule has 0 radical (unpaired) electrons. The fourth-order valence-corrected chi connectivity index (χ4v) is 2.53. The van der Waals surface area contributed by atoms with Crippen LogP contribution in [0, 0.1) is 5.82 Å². The average molecular weight is 258 g/mol. The van der Waals surface area contributed by atoms with E-state index in [2.05, 4.69) is 16.9 Å². The van der Waals surface area contributed by atoms with Crippen molar-refractivity contribution in [3.05, 3.63) is 59.2 Å². The van der Waals surface area contributed by atoms with Crippen molar-refractivity contribution in [2.24, 2.45) is 0 Å². The van der Waals surface area contributed by atoms with Gasteiger partial charge in [0.15, 0.2) is 0 Å². The molecule has 0 fully saturated rings. The monoisotopic (exact) mass is 258 g/mol. The van der Waals surface area contributed by atoms with Crippen LogP contribution in [0.4, 0.5) is 10.1 Å². The summed E-state index contributed by atoms with van der Waals surface area (Å²) < 4.78 is 13.1. The number of hydrogen-bond donors (Lipinski definition) is 1. The molecule has 1 aromatic carbocycles. The van der Waals surface area contributed by atoms with Gasteiger partial charge in [0, 0.05) is 31.0 Å². The average Bonchev–Trinajstić information content (AvgIpc) is 2.79. The van der Waals surface area contributed by atoms with Crippen LogP contribution in [0.5, 0.6) is 0 Å². The van der Waals surface area contributed by atoms with Crippen molar-refractivity contribution in [1.82, 2.24) is 4.98 Å². The van der Waals surface area contributed by atoms with Crippen LogP contribution in [0.1, 0.15) is 22.8 Å². The maximum atomic E-state index is 13.1. The highest BCUT2D eigenvalue weighted by atomic mass is 19.1. The number of aliphatic hydroxyl groups excluding tert-OH is 1. The summed E-state index contributed by atoms with van der Waals surface area (Å²) in [4.78, 5) is 5.96. The summed E-state index contributed by atoms with van der Waals surface area (Å²) in [7, 11) is 2.05. The molecule has 19 heavy (non-hydrogen) atoms. The number of hydrogen-bond acceptors (Lipinski definition) is 3. The fourth-order valence-electron chi connectivity index (χ4n) is 2.53. The second-order valence-electron chi connectivity index (χ2n) is 4.90. The van der Waals surface area contributed by atoms with Gasteiger partial charge < -0.3 is 10.0 Å². The lowest BCUT2D eigenvalue weighted by molar-refractivity contribution is 0.219. The molecule has 1 aliphatic heterocycles. The van der Waals surface area contributed by atoms with E-state index >= 15 is 0 Å². The first-order valence-electron chi connectivity index (χ1n) is 6.27. The SMILES string of the molecule is CN1CCc2cc(C(O)c3cncc(F)c3)ccc21. The van der Waals surface area contributed by atoms with Crippen molar-refractivity contribution in [3.8, 4) is 0 Å². The first-order chi connectivity index (χ1) is 9.15. The Kier molecular flexibility index (Phi) is 2.95. The number of halogens is 1. The summed E-state index contributed by atoms with van der Waals surface area (Å²) in [5, 5.41) is 10.3. The molecule has 1 atom stereocenters. The molecule has 1 unspecified atom stereocenters. The topological polar surface area (TPSA) is 36.4 Å². The minimum absolute atomic E-state index is 0.433. The van der Waals surface area contributed by atoms with Gasteiger partial charge in [0.25, 0.3) is 0 Å². The van der Waals surface area contributed by atoms with Gasteiger partial charge in [0.2, 0.25) is 0 Å². The zero-order chi connectivity index (χ0) is 13.4. The first kappa shape index (κ1) is 12.1. The molecule has 2 aromatic rings. The second-order valence-corrected chi connectivity index (χ2v) is 4.90. The Morgan fingerprint density at radius 1 is 1.26 bits per heavy atom. The number of benzene rings is 1. The van der Waals surface area contributed by atoms with Crippen LogP contribution in [0.3, 0.4) is 0 Å². The minimum atomic E-state index is -0.834. The van der Waals surface area contributed by atoms with E-state index in [1.54, 1.807) is 0 Å². The number of fused-ring (bicyclic) bond motifs is 1. The quantitative estimate of drug-likeness (QED) is 0.898. The standard InChI is InChI=1S/C15H15FN2O/c1-18-5-4-10-6-11(2-3-14(10)18)15(19)12-7-13(16)9-17-8-12/h2-3,6-9,15,19H,4-5H2,1H3. The lowest BCUT2D eigenvalue weighted by Crippen LogP contribution is -2.12. The predicted octanol–water partition coefficient (Wildman–Crippen LogP) is 2.29. The third-order valence-electron chi connectivity index (χ3n) is 3.59. The van der Waals surface area contributed by atoms with Crippen LogP contribution in [-0.4, -0.2) is 23.7 Å². The van der Waals surface area contributed by atoms with E-state index in [0.717, 1.165) is 24.7 Å². The van der Waals surface area contributed by atoms with Crippen molar-refractivity contribution >= 4 is 5.69 Å². The zero-order valence-corrected chi connectivity index (χ0v) is 10.7. The highest BCUT2D eigenvalue weighted by molar-refractivity contribution is 5.59. The van der Waals surface area contributed by atoms with Gasteiger partial charge >= 0.3 is 0 Å². The molecule has 98 valence electrons. The summed E-state index contributed by atoms with van der Waals surface area (Å²) in [5.41, 5.74) is 3.68. The Morgan fingerprint density at radius 2 is 2.11 bits per heavy atom. The summed E-state index contributed by atoms with van der Waals surface area (Å²) in [5.74, 6) is -0.433. The Bertz CT molecular complexity index is 615. The first-order valence-corrected chi connectivity index (χ1v) is 6.27. The summed E-state index contributed by atoms with van der Waals surface area (Å²) in [6.07, 6.45) is 2.77. The maximum absolute atomic E-state index is 13.1. The number of likely N-dealkylation sites (N-methyl/N-ethyl adjacent to an activating group) is 1. The molecule has 2 heterocycles. The van der Waals surface area contributed by atoms with Crippen LogP contribution in [0.2, 0.25) is 0 Å². The van der Waals surface area contributed by atoms with Crippen LogP contribution in [-0.2, 0) is 6.42 Å². The third kappa shape index (κ3) is 2.19. The number of aromatic nitrogens is 1. The van der Waals surface area contributed by atoms with Gasteiger partial charge in [-0.3, -0.25) is 4.98 Å². The lowest BCUT2D eigenvalue weighted by atomic mass is 10.00. The Labute approximate surface area is 111 Å². The van der Waals surface area contributed by atoms with Crippen LogP contribution in [0.25, 0.3) is 0 Å². The van der Waals surface area contributed by atoms with E-state index in [-0.39, 0.29) is 0 Å². The van der Waals surface area contributed by atoms with Gasteiger partial charge in [0.1, 0.15) is 11.9 Å². The van der Waals surface area contributed by atoms with E-state index in [4.69, 9.17) is 0 Å². The number of pyridine rings is 1. The third-order valence-corrected chi connectivity index (χ3v) is 3.59. The molecule has 0 aliphatic carbocycles. The van der Waals surface area contributed by atoms with Crippen molar-refractivity contribution in [2.45, 2.75) is 12.5 Å². The molecular formula is C15H15FN2O. The van der Waals surface area contributed by atoms with E-state index in [1.165, 1.54) is 23.5 Å². The van der Waals surface area contributed by atoms with Crippen molar-refractivity contribution in [3.63, 3.8) is 0 Å². The molecule has 0 amide bonds. The molecule has 1 aromatic heterocycles. The second kappa shape index (κ2) is 4.63. The Morgan fingerprint density at radius 3 is 2.89 bits per heavy atom. The number of anilines is 1. The summed E-state index contributed by atoms with van der Waals surface area (Å²) >= 11 is 0. The van der Waals surface area contributed by atoms with Crippen molar-refractivity contribution < 1.29 is 9.50 Å². The van der Waals surface area contributed by atoms with Gasteiger partial charge in [-0.1, -0.05) is 12.1 Å². The van der Waals surface area contributed by atoms with Crippen LogP contribution >= 0.6 is 0 Å². The molecule has 1 aliphatic rings. The van der Waals surface area contributed by atoms with Crippen molar-refractivity contribution in [2.75, 3.05) is 18.5 Å². The maximum Gasteiger partial charge on any atom is 0.141 e. The highest BCUT2D eigenvalue weighted by Crippen LogP contribution is 2.31. The number of aliphatic hydroxyl groups is 1. The number of rotatable bonds is 2. The predicted molar refractivity (Wildman–Crippen MR) is 71.7 cm³/mol. The highest BCUT2D eigenvalue weighted by Gasteiger charge is 2.18. The van der Waals surface area contributed by atoms with Gasteiger partial charge in [0.05, 0.1) is 6.20 Å². The van der Waals surface area contributed by atoms with Gasteiger partial charge in [-0.15, -0.1) is 0 Å². The molecular weight excluding hydrogens is 243 g/mol. The van der Waals surface area contributed by atoms with Gasteiger partial charge in [-0.2, -0.15) is 0 Å². The van der Waals surface area contributed by atoms with E-state index in [1.807, 2.05) is 18.2 Å². The minimum Gasteiger partial charge on any atom is -0.384 e. The molecule has 0 saturated carbocycles. The molecule has 0 saturated heterocycles. The zero-order valence-electron chi connectivity index (χ0n) is 10.7. The van der Waals surface area contributed by atoms with E-state index in [9.17, 15) is 9.50 Å². The largest absolute Gasteiger partial charge is 0.384 e. The van der Waals surface area contributed by atoms with Crippen LogP contribution < -0.4 is 4.90 Å². The molecule has 3 nitrogen and oxygen atoms in total. The molecule has 4 heteroatoms. The Hall–Kier alpha value is -1.94. The van der Waals surface area contributed by atoms with Gasteiger partial charge in [-0.25, -0.2) is 4.39 Å².